The molecule has 27 heavy (non-hydrogen) atoms. The topological polar surface area (TPSA) is 95.3 Å². The summed E-state index contributed by atoms with van der Waals surface area (Å²) < 4.78 is 51.9. The number of benzene rings is 2. The van der Waals surface area contributed by atoms with E-state index in [0.717, 1.165) is 11.8 Å². The van der Waals surface area contributed by atoms with Gasteiger partial charge in [-0.15, -0.1) is 0 Å². The average molecular weight is 405 g/mol. The third-order valence-corrected chi connectivity index (χ3v) is 8.22. The smallest absolute Gasteiger partial charge is 0.211 e. The lowest BCUT2D eigenvalue weighted by Crippen LogP contribution is -2.47. The van der Waals surface area contributed by atoms with Gasteiger partial charge in [0.05, 0.1) is 28.0 Å². The van der Waals surface area contributed by atoms with Crippen LogP contribution in [0.4, 0.5) is 0 Å². The number of nitrogens with zero attached hydrogens (tertiary/aromatic N) is 2. The van der Waals surface area contributed by atoms with Crippen LogP contribution in [0.2, 0.25) is 0 Å². The summed E-state index contributed by atoms with van der Waals surface area (Å²) >= 11 is 0. The average Bonchev–Trinajstić information content (AvgIpc) is 2.67. The van der Waals surface area contributed by atoms with E-state index in [1.165, 1.54) is 28.6 Å². The maximum atomic E-state index is 13.2. The highest BCUT2D eigenvalue weighted by Crippen LogP contribution is 2.33. The molecule has 0 radical (unpaired) electrons. The van der Waals surface area contributed by atoms with Crippen molar-refractivity contribution in [3.8, 4) is 6.07 Å². The summed E-state index contributed by atoms with van der Waals surface area (Å²) in [5.41, 5.74) is 1.17. The van der Waals surface area contributed by atoms with Gasteiger partial charge < -0.3 is 0 Å². The van der Waals surface area contributed by atoms with Crippen molar-refractivity contribution in [2.75, 3.05) is 19.3 Å². The molecule has 6 nitrogen and oxygen atoms in total. The Morgan fingerprint density at radius 1 is 1.00 bits per heavy atom. The van der Waals surface area contributed by atoms with Gasteiger partial charge in [-0.1, -0.05) is 36.4 Å². The zero-order valence-corrected chi connectivity index (χ0v) is 16.4. The molecule has 3 rings (SSSR count). The van der Waals surface area contributed by atoms with Crippen molar-refractivity contribution in [1.29, 1.82) is 5.26 Å². The number of hydrogen-bond acceptors (Lipinski definition) is 5. The molecule has 1 aliphatic rings. The maximum Gasteiger partial charge on any atom is 0.211 e. The Labute approximate surface area is 160 Å². The minimum Gasteiger partial charge on any atom is -0.223 e. The summed E-state index contributed by atoms with van der Waals surface area (Å²) in [5.74, 6) is -0.214. The molecule has 1 heterocycles. The minimum atomic E-state index is -3.79. The van der Waals surface area contributed by atoms with Gasteiger partial charge in [-0.25, -0.2) is 21.1 Å². The van der Waals surface area contributed by atoms with Crippen molar-refractivity contribution in [3.63, 3.8) is 0 Å². The maximum absolute atomic E-state index is 13.2. The second-order valence-electron chi connectivity index (χ2n) is 6.73. The summed E-state index contributed by atoms with van der Waals surface area (Å²) in [4.78, 5) is 0.0497. The Bertz CT molecular complexity index is 1070. The van der Waals surface area contributed by atoms with Crippen molar-refractivity contribution in [3.05, 3.63) is 65.7 Å². The Kier molecular flexibility index (Phi) is 5.38. The molecular weight excluding hydrogens is 384 g/mol. The number of hydrogen-bond donors (Lipinski definition) is 0. The normalized spacial score (nSPS) is 21.5. The molecule has 1 aliphatic heterocycles. The largest absolute Gasteiger partial charge is 0.223 e. The molecule has 0 bridgehead atoms. The summed E-state index contributed by atoms with van der Waals surface area (Å²) in [5, 5.41) is 8.17. The van der Waals surface area contributed by atoms with E-state index in [4.69, 9.17) is 5.26 Å². The number of rotatable bonds is 4. The van der Waals surface area contributed by atoms with Gasteiger partial charge >= 0.3 is 0 Å². The Morgan fingerprint density at radius 3 is 2.33 bits per heavy atom. The molecule has 2 unspecified atom stereocenters. The van der Waals surface area contributed by atoms with Gasteiger partial charge in [-0.3, -0.25) is 0 Å². The molecule has 0 aromatic heterocycles. The molecule has 8 heteroatoms. The van der Waals surface area contributed by atoms with Crippen LogP contribution in [0.25, 0.3) is 0 Å². The van der Waals surface area contributed by atoms with Crippen molar-refractivity contribution >= 4 is 19.9 Å². The third kappa shape index (κ3) is 4.21. The fourth-order valence-corrected chi connectivity index (χ4v) is 6.21. The number of sulfone groups is 1. The van der Waals surface area contributed by atoms with Crippen molar-refractivity contribution in [1.82, 2.24) is 4.31 Å². The quantitative estimate of drug-likeness (QED) is 0.778. The van der Waals surface area contributed by atoms with Gasteiger partial charge in [0.1, 0.15) is 0 Å². The van der Waals surface area contributed by atoms with Crippen molar-refractivity contribution in [2.45, 2.75) is 22.5 Å². The summed E-state index contributed by atoms with van der Waals surface area (Å²) in [6.45, 7) is 0.175. The minimum absolute atomic E-state index is 0.0497. The van der Waals surface area contributed by atoms with E-state index in [9.17, 15) is 16.8 Å². The molecule has 142 valence electrons. The molecule has 1 fully saturated rings. The Morgan fingerprint density at radius 2 is 1.70 bits per heavy atom. The lowest BCUT2D eigenvalue weighted by atomic mass is 9.91. The molecule has 1 saturated heterocycles. The van der Waals surface area contributed by atoms with E-state index in [-0.39, 0.29) is 29.5 Å². The van der Waals surface area contributed by atoms with Crippen LogP contribution >= 0.6 is 0 Å². The SMILES string of the molecule is CS(=O)(=O)N1CC(c2ccccc2)CC(S(=O)(=O)c2cccc(C#N)c2)C1. The van der Waals surface area contributed by atoms with Crippen LogP contribution in [0.5, 0.6) is 0 Å². The van der Waals surface area contributed by atoms with Crippen LogP contribution in [0.1, 0.15) is 23.5 Å². The van der Waals surface area contributed by atoms with Crippen LogP contribution in [0.3, 0.4) is 0 Å². The molecule has 0 aliphatic carbocycles. The summed E-state index contributed by atoms with van der Waals surface area (Å²) in [7, 11) is -7.32. The third-order valence-electron chi connectivity index (χ3n) is 4.85. The van der Waals surface area contributed by atoms with Crippen LogP contribution < -0.4 is 0 Å². The van der Waals surface area contributed by atoms with Crippen LogP contribution in [0.15, 0.2) is 59.5 Å². The van der Waals surface area contributed by atoms with Gasteiger partial charge in [-0.2, -0.15) is 5.26 Å². The van der Waals surface area contributed by atoms with Gasteiger partial charge in [0.25, 0.3) is 0 Å². The second-order valence-corrected chi connectivity index (χ2v) is 10.9. The Balaban J connectivity index is 2.01. The molecule has 0 saturated carbocycles. The van der Waals surface area contributed by atoms with E-state index in [2.05, 4.69) is 0 Å². The summed E-state index contributed by atoms with van der Waals surface area (Å²) in [6, 6.07) is 17.1. The van der Waals surface area contributed by atoms with E-state index < -0.39 is 25.1 Å². The zero-order chi connectivity index (χ0) is 19.7. The molecular formula is C19H20N2O4S2. The lowest BCUT2D eigenvalue weighted by Gasteiger charge is -2.36. The molecule has 0 amide bonds. The van der Waals surface area contributed by atoms with Gasteiger partial charge in [0, 0.05) is 13.1 Å². The first kappa shape index (κ1) is 19.5. The number of nitriles is 1. The van der Waals surface area contributed by atoms with E-state index in [0.29, 0.717) is 6.42 Å². The number of piperidine rings is 1. The zero-order valence-electron chi connectivity index (χ0n) is 14.8. The molecule has 2 aromatic rings. The van der Waals surface area contributed by atoms with E-state index >= 15 is 0 Å². The predicted molar refractivity (Wildman–Crippen MR) is 102 cm³/mol. The second kappa shape index (κ2) is 7.43. The van der Waals surface area contributed by atoms with Gasteiger partial charge in [-0.05, 0) is 36.1 Å². The molecule has 2 aromatic carbocycles. The molecule has 2 atom stereocenters. The van der Waals surface area contributed by atoms with Gasteiger partial charge in [0.15, 0.2) is 9.84 Å². The highest BCUT2D eigenvalue weighted by Gasteiger charge is 2.39. The molecule has 0 N–H and O–H groups in total. The first-order valence-corrected chi connectivity index (χ1v) is 11.9. The standard InChI is InChI=1S/C19H20N2O4S2/c1-26(22,23)21-13-17(16-7-3-2-4-8-16)11-19(14-21)27(24,25)18-9-5-6-15(10-18)12-20/h2-10,17,19H,11,13-14H2,1H3. The van der Waals surface area contributed by atoms with Crippen LogP contribution in [0, 0.1) is 11.3 Å². The number of sulfonamides is 1. The van der Waals surface area contributed by atoms with Gasteiger partial charge in [0.2, 0.25) is 10.0 Å². The first-order valence-electron chi connectivity index (χ1n) is 8.46. The van der Waals surface area contributed by atoms with E-state index in [1.807, 2.05) is 36.4 Å². The fourth-order valence-electron chi connectivity index (χ4n) is 3.41. The highest BCUT2D eigenvalue weighted by atomic mass is 32.2. The predicted octanol–water partition coefficient (Wildman–Crippen LogP) is 2.15. The van der Waals surface area contributed by atoms with Crippen molar-refractivity contribution < 1.29 is 16.8 Å². The van der Waals surface area contributed by atoms with Crippen LogP contribution in [-0.4, -0.2) is 45.7 Å². The Hall–Kier alpha value is -2.21. The van der Waals surface area contributed by atoms with Crippen molar-refractivity contribution in [2.24, 2.45) is 0 Å². The van der Waals surface area contributed by atoms with Crippen LogP contribution in [-0.2, 0) is 19.9 Å². The van der Waals surface area contributed by atoms with E-state index in [1.54, 1.807) is 0 Å². The summed E-state index contributed by atoms with van der Waals surface area (Å²) in [6.07, 6.45) is 1.43. The first-order chi connectivity index (χ1) is 12.7. The lowest BCUT2D eigenvalue weighted by molar-refractivity contribution is 0.317. The molecule has 0 spiro atoms. The monoisotopic (exact) mass is 404 g/mol. The fraction of sp³-hybridized carbons (Fsp3) is 0.316. The highest BCUT2D eigenvalue weighted by molar-refractivity contribution is 7.92.